The van der Waals surface area contributed by atoms with Crippen LogP contribution in [0.25, 0.3) is 5.57 Å². The number of nitrogens with two attached hydrogens (primary N) is 1. The van der Waals surface area contributed by atoms with Crippen LogP contribution in [0.2, 0.25) is 0 Å². The topological polar surface area (TPSA) is 26.0 Å². The monoisotopic (exact) mass is 167 g/mol. The molecule has 0 amide bonds. The normalized spacial score (nSPS) is 10.0. The van der Waals surface area contributed by atoms with Crippen molar-refractivity contribution in [3.8, 4) is 0 Å². The van der Waals surface area contributed by atoms with Gasteiger partial charge in [0.1, 0.15) is 0 Å². The molecule has 0 saturated heterocycles. The molecule has 1 aromatic heterocycles. The summed E-state index contributed by atoms with van der Waals surface area (Å²) in [6.07, 6.45) is 0.903. The molecule has 0 bridgehead atoms. The first kappa shape index (κ1) is 8.50. The zero-order chi connectivity index (χ0) is 8.27. The molecular weight excluding hydrogens is 154 g/mol. The maximum Gasteiger partial charge on any atom is 0.0299 e. The molecule has 1 heterocycles. The van der Waals surface area contributed by atoms with Gasteiger partial charge in [0.15, 0.2) is 0 Å². The van der Waals surface area contributed by atoms with E-state index in [4.69, 9.17) is 5.73 Å². The summed E-state index contributed by atoms with van der Waals surface area (Å²) in [5.41, 5.74) is 7.88. The first-order chi connectivity index (χ1) is 5.24. The van der Waals surface area contributed by atoms with Gasteiger partial charge in [0, 0.05) is 4.88 Å². The molecule has 0 unspecified atom stereocenters. The Labute approximate surface area is 71.5 Å². The van der Waals surface area contributed by atoms with Gasteiger partial charge < -0.3 is 5.73 Å². The van der Waals surface area contributed by atoms with Crippen molar-refractivity contribution in [2.75, 3.05) is 6.54 Å². The molecule has 11 heavy (non-hydrogen) atoms. The fourth-order valence-electron chi connectivity index (χ4n) is 0.914. The van der Waals surface area contributed by atoms with Crippen LogP contribution in [0.3, 0.4) is 0 Å². The molecule has 1 rings (SSSR count). The average molecular weight is 167 g/mol. The fourth-order valence-corrected chi connectivity index (χ4v) is 1.82. The lowest BCUT2D eigenvalue weighted by Crippen LogP contribution is -1.98. The quantitative estimate of drug-likeness (QED) is 0.735. The average Bonchev–Trinajstić information content (AvgIpc) is 2.36. The first-order valence-corrected chi connectivity index (χ1v) is 4.55. The highest BCUT2D eigenvalue weighted by Crippen LogP contribution is 2.23. The molecule has 0 saturated carbocycles. The van der Waals surface area contributed by atoms with Crippen molar-refractivity contribution in [3.05, 3.63) is 28.5 Å². The van der Waals surface area contributed by atoms with E-state index in [9.17, 15) is 0 Å². The van der Waals surface area contributed by atoms with Crippen LogP contribution < -0.4 is 5.73 Å². The highest BCUT2D eigenvalue weighted by atomic mass is 32.1. The molecule has 1 nitrogen and oxygen atoms in total. The van der Waals surface area contributed by atoms with E-state index in [-0.39, 0.29) is 0 Å². The second kappa shape index (κ2) is 3.69. The minimum absolute atomic E-state index is 0.690. The third-order valence-corrected chi connectivity index (χ3v) is 2.68. The van der Waals surface area contributed by atoms with Crippen LogP contribution in [0, 0.1) is 6.92 Å². The summed E-state index contributed by atoms with van der Waals surface area (Å²) in [6.45, 7) is 6.74. The van der Waals surface area contributed by atoms with Gasteiger partial charge in [0.2, 0.25) is 0 Å². The van der Waals surface area contributed by atoms with Crippen LogP contribution in [0.15, 0.2) is 18.0 Å². The number of rotatable bonds is 3. The number of aryl methyl sites for hydroxylation is 1. The number of thiophene rings is 1. The molecule has 0 fully saturated rings. The van der Waals surface area contributed by atoms with Gasteiger partial charge in [-0.1, -0.05) is 6.58 Å². The lowest BCUT2D eigenvalue weighted by Gasteiger charge is -1.97. The molecule has 2 heteroatoms. The SMILES string of the molecule is C=C(CCN)c1cc(C)cs1. The van der Waals surface area contributed by atoms with E-state index in [1.54, 1.807) is 11.3 Å². The van der Waals surface area contributed by atoms with Crippen molar-refractivity contribution >= 4 is 16.9 Å². The van der Waals surface area contributed by atoms with Crippen LogP contribution in [0.4, 0.5) is 0 Å². The van der Waals surface area contributed by atoms with Gasteiger partial charge in [-0.25, -0.2) is 0 Å². The Morgan fingerprint density at radius 2 is 2.45 bits per heavy atom. The molecule has 0 atom stereocenters. The third-order valence-electron chi connectivity index (χ3n) is 1.53. The zero-order valence-corrected chi connectivity index (χ0v) is 7.58. The van der Waals surface area contributed by atoms with Crippen LogP contribution in [0.1, 0.15) is 16.9 Å². The zero-order valence-electron chi connectivity index (χ0n) is 6.76. The van der Waals surface area contributed by atoms with E-state index in [1.165, 1.54) is 10.4 Å². The smallest absolute Gasteiger partial charge is 0.0299 e. The van der Waals surface area contributed by atoms with Crippen LogP contribution in [-0.2, 0) is 0 Å². The van der Waals surface area contributed by atoms with E-state index >= 15 is 0 Å². The van der Waals surface area contributed by atoms with Gasteiger partial charge in [-0.3, -0.25) is 0 Å². The van der Waals surface area contributed by atoms with Crippen molar-refractivity contribution in [1.82, 2.24) is 0 Å². The van der Waals surface area contributed by atoms with Crippen LogP contribution in [0.5, 0.6) is 0 Å². The molecule has 1 aromatic rings. The van der Waals surface area contributed by atoms with Gasteiger partial charge in [-0.15, -0.1) is 11.3 Å². The van der Waals surface area contributed by atoms with E-state index in [0.717, 1.165) is 12.0 Å². The number of hydrogen-bond acceptors (Lipinski definition) is 2. The minimum Gasteiger partial charge on any atom is -0.330 e. The van der Waals surface area contributed by atoms with Crippen molar-refractivity contribution in [2.24, 2.45) is 5.73 Å². The van der Waals surface area contributed by atoms with Crippen molar-refractivity contribution < 1.29 is 0 Å². The summed E-state index contributed by atoms with van der Waals surface area (Å²) in [7, 11) is 0. The fraction of sp³-hybridized carbons (Fsp3) is 0.333. The molecular formula is C9H13NS. The number of hydrogen-bond donors (Lipinski definition) is 1. The Bertz CT molecular complexity index is 250. The van der Waals surface area contributed by atoms with Crippen molar-refractivity contribution in [2.45, 2.75) is 13.3 Å². The van der Waals surface area contributed by atoms with Gasteiger partial charge in [0.05, 0.1) is 0 Å². The predicted octanol–water partition coefficient (Wildman–Crippen LogP) is 2.42. The highest BCUT2D eigenvalue weighted by molar-refractivity contribution is 7.11. The highest BCUT2D eigenvalue weighted by Gasteiger charge is 1.99. The third kappa shape index (κ3) is 2.17. The summed E-state index contributed by atoms with van der Waals surface area (Å²) in [5.74, 6) is 0. The lowest BCUT2D eigenvalue weighted by molar-refractivity contribution is 1.03. The predicted molar refractivity (Wildman–Crippen MR) is 51.8 cm³/mol. The van der Waals surface area contributed by atoms with E-state index in [2.05, 4.69) is 24.9 Å². The Kier molecular flexibility index (Phi) is 2.85. The van der Waals surface area contributed by atoms with Crippen molar-refractivity contribution in [1.29, 1.82) is 0 Å². The second-order valence-corrected chi connectivity index (χ2v) is 3.54. The molecule has 0 aliphatic carbocycles. The van der Waals surface area contributed by atoms with Gasteiger partial charge >= 0.3 is 0 Å². The Morgan fingerprint density at radius 3 is 2.91 bits per heavy atom. The molecule has 0 spiro atoms. The molecule has 0 radical (unpaired) electrons. The molecule has 0 aromatic carbocycles. The maximum absolute atomic E-state index is 5.42. The van der Waals surface area contributed by atoms with E-state index in [0.29, 0.717) is 6.54 Å². The van der Waals surface area contributed by atoms with Crippen LogP contribution >= 0.6 is 11.3 Å². The van der Waals surface area contributed by atoms with Gasteiger partial charge in [-0.05, 0) is 42.5 Å². The first-order valence-electron chi connectivity index (χ1n) is 3.67. The lowest BCUT2D eigenvalue weighted by atomic mass is 10.2. The summed E-state index contributed by atoms with van der Waals surface area (Å²) in [5, 5.41) is 2.14. The van der Waals surface area contributed by atoms with Crippen molar-refractivity contribution in [3.63, 3.8) is 0 Å². The Morgan fingerprint density at radius 1 is 1.73 bits per heavy atom. The molecule has 0 aliphatic heterocycles. The Balaban J connectivity index is 2.69. The van der Waals surface area contributed by atoms with Crippen LogP contribution in [-0.4, -0.2) is 6.54 Å². The van der Waals surface area contributed by atoms with E-state index < -0.39 is 0 Å². The summed E-state index contributed by atoms with van der Waals surface area (Å²) >= 11 is 1.74. The molecule has 60 valence electrons. The van der Waals surface area contributed by atoms with Gasteiger partial charge in [-0.2, -0.15) is 0 Å². The largest absolute Gasteiger partial charge is 0.330 e. The standard InChI is InChI=1S/C9H13NS/c1-7-5-9(11-6-7)8(2)3-4-10/h5-6H,2-4,10H2,1H3. The molecule has 2 N–H and O–H groups in total. The summed E-state index contributed by atoms with van der Waals surface area (Å²) in [4.78, 5) is 1.27. The Hall–Kier alpha value is -0.600. The van der Waals surface area contributed by atoms with E-state index in [1.807, 2.05) is 0 Å². The summed E-state index contributed by atoms with van der Waals surface area (Å²) in [6, 6.07) is 2.16. The maximum atomic E-state index is 5.42. The van der Waals surface area contributed by atoms with Gasteiger partial charge in [0.25, 0.3) is 0 Å². The molecule has 0 aliphatic rings. The minimum atomic E-state index is 0.690. The second-order valence-electron chi connectivity index (χ2n) is 2.63. The summed E-state index contributed by atoms with van der Waals surface area (Å²) < 4.78 is 0.